The molecule has 2 aromatic rings. The number of aromatic nitrogens is 1. The maximum Gasteiger partial charge on any atom is 0.271 e. The van der Waals surface area contributed by atoms with Crippen molar-refractivity contribution in [3.05, 3.63) is 35.0 Å². The Kier molecular flexibility index (Phi) is 3.98. The maximum atomic E-state index is 12.5. The molecule has 0 saturated carbocycles. The van der Waals surface area contributed by atoms with Gasteiger partial charge in [0, 0.05) is 17.7 Å². The van der Waals surface area contributed by atoms with Gasteiger partial charge in [0.15, 0.2) is 0 Å². The molecule has 126 valence electrons. The highest BCUT2D eigenvalue weighted by atomic mass is 16.5. The fraction of sp³-hybridized carbons (Fsp3) is 0.444. The van der Waals surface area contributed by atoms with E-state index in [1.165, 1.54) is 24.1 Å². The first-order valence-electron chi connectivity index (χ1n) is 8.58. The molecule has 1 unspecified atom stereocenters. The molecule has 1 aliphatic heterocycles. The van der Waals surface area contributed by atoms with Crippen molar-refractivity contribution in [3.63, 3.8) is 0 Å². The van der Waals surface area contributed by atoms with E-state index < -0.39 is 6.10 Å². The van der Waals surface area contributed by atoms with Gasteiger partial charge in [-0.3, -0.25) is 20.4 Å². The number of hydrazine groups is 1. The molecule has 24 heavy (non-hydrogen) atoms. The molecule has 1 aliphatic carbocycles. The van der Waals surface area contributed by atoms with E-state index in [0.29, 0.717) is 18.6 Å². The lowest BCUT2D eigenvalue weighted by atomic mass is 9.95. The molecule has 6 nitrogen and oxygen atoms in total. The van der Waals surface area contributed by atoms with Gasteiger partial charge in [-0.25, -0.2) is 0 Å². The molecule has 2 heterocycles. The van der Waals surface area contributed by atoms with Crippen molar-refractivity contribution in [2.75, 3.05) is 6.61 Å². The fourth-order valence-corrected chi connectivity index (χ4v) is 3.67. The third kappa shape index (κ3) is 2.67. The Labute approximate surface area is 139 Å². The highest BCUT2D eigenvalue weighted by Gasteiger charge is 2.24. The van der Waals surface area contributed by atoms with Crippen molar-refractivity contribution >= 4 is 22.7 Å². The van der Waals surface area contributed by atoms with Crippen LogP contribution in [0.3, 0.4) is 0 Å². The molecule has 1 aromatic heterocycles. The summed E-state index contributed by atoms with van der Waals surface area (Å²) in [4.78, 5) is 27.9. The van der Waals surface area contributed by atoms with Crippen LogP contribution in [0.1, 0.15) is 47.3 Å². The number of para-hydroxylation sites is 1. The Morgan fingerprint density at radius 3 is 2.83 bits per heavy atom. The highest BCUT2D eigenvalue weighted by molar-refractivity contribution is 6.07. The van der Waals surface area contributed by atoms with Crippen LogP contribution in [-0.4, -0.2) is 29.5 Å². The number of carbonyl (C=O) groups is 2. The number of ether oxygens (including phenoxy) is 1. The molecule has 4 rings (SSSR count). The smallest absolute Gasteiger partial charge is 0.271 e. The highest BCUT2D eigenvalue weighted by Crippen LogP contribution is 2.30. The summed E-state index contributed by atoms with van der Waals surface area (Å²) in [7, 11) is 0. The van der Waals surface area contributed by atoms with Crippen molar-refractivity contribution < 1.29 is 14.3 Å². The minimum Gasteiger partial charge on any atom is -0.368 e. The number of benzene rings is 1. The van der Waals surface area contributed by atoms with E-state index in [0.717, 1.165) is 30.2 Å². The molecule has 1 saturated heterocycles. The zero-order valence-corrected chi connectivity index (χ0v) is 13.5. The van der Waals surface area contributed by atoms with Crippen LogP contribution in [-0.2, 0) is 22.4 Å². The number of aromatic amines is 1. The van der Waals surface area contributed by atoms with Gasteiger partial charge in [-0.1, -0.05) is 12.1 Å². The van der Waals surface area contributed by atoms with E-state index in [4.69, 9.17) is 4.74 Å². The number of aryl methyl sites for hydroxylation is 2. The summed E-state index contributed by atoms with van der Waals surface area (Å²) in [5, 5.41) is 1.11. The van der Waals surface area contributed by atoms with Crippen LogP contribution in [0, 0.1) is 0 Å². The third-order valence-electron chi connectivity index (χ3n) is 4.90. The molecular formula is C18H21N3O3. The first-order valence-corrected chi connectivity index (χ1v) is 8.58. The number of carbonyl (C=O) groups excluding carboxylic acids is 2. The number of hydrogen-bond acceptors (Lipinski definition) is 3. The molecule has 0 spiro atoms. The first-order chi connectivity index (χ1) is 11.7. The van der Waals surface area contributed by atoms with Crippen LogP contribution in [0.4, 0.5) is 0 Å². The lowest BCUT2D eigenvalue weighted by Crippen LogP contribution is -2.46. The van der Waals surface area contributed by atoms with Crippen molar-refractivity contribution in [3.8, 4) is 0 Å². The van der Waals surface area contributed by atoms with E-state index >= 15 is 0 Å². The predicted molar refractivity (Wildman–Crippen MR) is 89.5 cm³/mol. The SMILES string of the molecule is O=C(NNC(=O)C1CCCO1)c1cccc2c3c([nH]c12)CCCC3. The van der Waals surface area contributed by atoms with E-state index in [9.17, 15) is 9.59 Å². The molecule has 2 amide bonds. The summed E-state index contributed by atoms with van der Waals surface area (Å²) >= 11 is 0. The van der Waals surface area contributed by atoms with Crippen LogP contribution in [0.15, 0.2) is 18.2 Å². The van der Waals surface area contributed by atoms with Gasteiger partial charge in [0.05, 0.1) is 11.1 Å². The van der Waals surface area contributed by atoms with Gasteiger partial charge < -0.3 is 9.72 Å². The normalized spacial score (nSPS) is 19.9. The van der Waals surface area contributed by atoms with Crippen LogP contribution < -0.4 is 10.9 Å². The van der Waals surface area contributed by atoms with Crippen molar-refractivity contribution in [1.29, 1.82) is 0 Å². The van der Waals surface area contributed by atoms with Crippen LogP contribution in [0.25, 0.3) is 10.9 Å². The Hall–Kier alpha value is -2.34. The second-order valence-corrected chi connectivity index (χ2v) is 6.46. The predicted octanol–water partition coefficient (Wildman–Crippen LogP) is 1.99. The number of amides is 2. The van der Waals surface area contributed by atoms with Crippen molar-refractivity contribution in [1.82, 2.24) is 15.8 Å². The van der Waals surface area contributed by atoms with Crippen LogP contribution >= 0.6 is 0 Å². The third-order valence-corrected chi connectivity index (χ3v) is 4.90. The Balaban J connectivity index is 1.53. The Bertz CT molecular complexity index is 790. The van der Waals surface area contributed by atoms with Gasteiger partial charge in [0.2, 0.25) is 0 Å². The molecule has 6 heteroatoms. The summed E-state index contributed by atoms with van der Waals surface area (Å²) in [6, 6.07) is 5.72. The first kappa shape index (κ1) is 15.2. The lowest BCUT2D eigenvalue weighted by molar-refractivity contribution is -0.130. The number of rotatable bonds is 2. The molecule has 0 bridgehead atoms. The Morgan fingerprint density at radius 1 is 1.12 bits per heavy atom. The van der Waals surface area contributed by atoms with Gasteiger partial charge in [-0.15, -0.1) is 0 Å². The fourth-order valence-electron chi connectivity index (χ4n) is 3.67. The van der Waals surface area contributed by atoms with E-state index in [2.05, 4.69) is 21.9 Å². The summed E-state index contributed by atoms with van der Waals surface area (Å²) in [5.41, 5.74) is 8.95. The van der Waals surface area contributed by atoms with Crippen LogP contribution in [0.5, 0.6) is 0 Å². The van der Waals surface area contributed by atoms with E-state index in [1.807, 2.05) is 6.07 Å². The van der Waals surface area contributed by atoms with Crippen LogP contribution in [0.2, 0.25) is 0 Å². The second kappa shape index (κ2) is 6.28. The van der Waals surface area contributed by atoms with Crippen molar-refractivity contribution in [2.45, 2.75) is 44.6 Å². The van der Waals surface area contributed by atoms with Crippen molar-refractivity contribution in [2.24, 2.45) is 0 Å². The quantitative estimate of drug-likeness (QED) is 0.738. The molecule has 3 N–H and O–H groups in total. The number of H-pyrrole nitrogens is 1. The van der Waals surface area contributed by atoms with E-state index in [-0.39, 0.29) is 11.8 Å². The van der Waals surface area contributed by atoms with Gasteiger partial charge in [-0.05, 0) is 50.2 Å². The second-order valence-electron chi connectivity index (χ2n) is 6.46. The average Bonchev–Trinajstić information content (AvgIpc) is 3.26. The van der Waals surface area contributed by atoms with Gasteiger partial charge in [-0.2, -0.15) is 0 Å². The zero-order valence-electron chi connectivity index (χ0n) is 13.5. The summed E-state index contributed by atoms with van der Waals surface area (Å²) in [6.07, 6.45) is 5.56. The minimum atomic E-state index is -0.459. The van der Waals surface area contributed by atoms with E-state index in [1.54, 1.807) is 6.07 Å². The minimum absolute atomic E-state index is 0.293. The molecular weight excluding hydrogens is 306 g/mol. The molecule has 0 radical (unpaired) electrons. The monoisotopic (exact) mass is 327 g/mol. The summed E-state index contributed by atoms with van der Waals surface area (Å²) in [6.45, 7) is 0.597. The number of fused-ring (bicyclic) bond motifs is 3. The standard InChI is InChI=1S/C18H21N3O3/c22-17(20-21-18(23)15-9-4-10-24-15)13-7-3-6-12-11-5-1-2-8-14(11)19-16(12)13/h3,6-7,15,19H,1-2,4-5,8-10H2,(H,20,22)(H,21,23). The molecule has 1 atom stereocenters. The zero-order chi connectivity index (χ0) is 16.5. The topological polar surface area (TPSA) is 83.2 Å². The summed E-state index contributed by atoms with van der Waals surface area (Å²) in [5.74, 6) is -0.607. The molecule has 2 aliphatic rings. The number of hydrogen-bond donors (Lipinski definition) is 3. The van der Waals surface area contributed by atoms with Gasteiger partial charge >= 0.3 is 0 Å². The van der Waals surface area contributed by atoms with Gasteiger partial charge in [0.1, 0.15) is 6.10 Å². The Morgan fingerprint density at radius 2 is 2.00 bits per heavy atom. The maximum absolute atomic E-state index is 12.5. The summed E-state index contributed by atoms with van der Waals surface area (Å²) < 4.78 is 5.31. The molecule has 1 aromatic carbocycles. The average molecular weight is 327 g/mol. The number of nitrogens with one attached hydrogen (secondary N) is 3. The van der Waals surface area contributed by atoms with Gasteiger partial charge in [0.25, 0.3) is 11.8 Å². The lowest BCUT2D eigenvalue weighted by Gasteiger charge is -2.11. The molecule has 1 fully saturated rings. The largest absolute Gasteiger partial charge is 0.368 e.